The summed E-state index contributed by atoms with van der Waals surface area (Å²) in [5, 5.41) is 19.8. The van der Waals surface area contributed by atoms with Crippen molar-refractivity contribution in [1.29, 1.82) is 0 Å². The Hall–Kier alpha value is -1.62. The summed E-state index contributed by atoms with van der Waals surface area (Å²) in [5.41, 5.74) is 2.16. The standard InChI is InChI=1S/C14H20N2O3/c1-11-9-13(16(18)19)4-5-14(11)15-7-2-3-12(10-15)6-8-17/h4-5,9,12,17H,2-3,6-8,10H2,1H3. The molecule has 1 fully saturated rings. The van der Waals surface area contributed by atoms with Gasteiger partial charge in [-0.05, 0) is 43.7 Å². The molecule has 1 aliphatic rings. The van der Waals surface area contributed by atoms with Crippen LogP contribution in [0.5, 0.6) is 0 Å². The second kappa shape index (κ2) is 6.02. The molecular formula is C14H20N2O3. The molecule has 1 aromatic rings. The Morgan fingerprint density at radius 1 is 1.53 bits per heavy atom. The highest BCUT2D eigenvalue weighted by Gasteiger charge is 2.21. The van der Waals surface area contributed by atoms with Crippen LogP contribution in [0.25, 0.3) is 0 Å². The van der Waals surface area contributed by atoms with Crippen LogP contribution < -0.4 is 4.90 Å². The van der Waals surface area contributed by atoms with Gasteiger partial charge in [-0.3, -0.25) is 10.1 Å². The van der Waals surface area contributed by atoms with Gasteiger partial charge >= 0.3 is 0 Å². The summed E-state index contributed by atoms with van der Waals surface area (Å²) in [6.07, 6.45) is 3.10. The lowest BCUT2D eigenvalue weighted by atomic mass is 9.94. The summed E-state index contributed by atoms with van der Waals surface area (Å²) in [4.78, 5) is 12.7. The lowest BCUT2D eigenvalue weighted by molar-refractivity contribution is -0.384. The number of non-ortho nitro benzene ring substituents is 1. The van der Waals surface area contributed by atoms with E-state index in [1.165, 1.54) is 0 Å². The molecule has 1 aliphatic heterocycles. The van der Waals surface area contributed by atoms with E-state index < -0.39 is 0 Å². The number of nitrogens with zero attached hydrogens (tertiary/aromatic N) is 2. The van der Waals surface area contributed by atoms with Gasteiger partial charge in [0.05, 0.1) is 4.92 Å². The highest BCUT2D eigenvalue weighted by Crippen LogP contribution is 2.29. The van der Waals surface area contributed by atoms with E-state index in [9.17, 15) is 10.1 Å². The van der Waals surface area contributed by atoms with Crippen LogP contribution in [0.1, 0.15) is 24.8 Å². The molecule has 0 spiro atoms. The minimum Gasteiger partial charge on any atom is -0.396 e. The SMILES string of the molecule is Cc1cc([N+](=O)[O-])ccc1N1CCCC(CCO)C1. The van der Waals surface area contributed by atoms with E-state index in [2.05, 4.69) is 4.90 Å². The fourth-order valence-electron chi connectivity index (χ4n) is 2.81. The summed E-state index contributed by atoms with van der Waals surface area (Å²) < 4.78 is 0. The number of aliphatic hydroxyl groups excluding tert-OH is 1. The second-order valence-electron chi connectivity index (χ2n) is 5.19. The van der Waals surface area contributed by atoms with Crippen molar-refractivity contribution >= 4 is 11.4 Å². The Balaban J connectivity index is 2.15. The zero-order valence-corrected chi connectivity index (χ0v) is 11.2. The van der Waals surface area contributed by atoms with Crippen molar-refractivity contribution in [3.8, 4) is 0 Å². The fourth-order valence-corrected chi connectivity index (χ4v) is 2.81. The fraction of sp³-hybridized carbons (Fsp3) is 0.571. The summed E-state index contributed by atoms with van der Waals surface area (Å²) in [6, 6.07) is 5.04. The first-order valence-corrected chi connectivity index (χ1v) is 6.72. The number of hydrogen-bond acceptors (Lipinski definition) is 4. The molecule has 0 saturated carbocycles. The molecule has 1 aromatic carbocycles. The van der Waals surface area contributed by atoms with Crippen LogP contribution in [-0.2, 0) is 0 Å². The third-order valence-electron chi connectivity index (χ3n) is 3.79. The number of benzene rings is 1. The second-order valence-corrected chi connectivity index (χ2v) is 5.19. The maximum atomic E-state index is 10.7. The van der Waals surface area contributed by atoms with Crippen molar-refractivity contribution in [1.82, 2.24) is 0 Å². The average Bonchev–Trinajstić information content (AvgIpc) is 2.39. The molecule has 0 amide bonds. The third kappa shape index (κ3) is 3.23. The summed E-state index contributed by atoms with van der Waals surface area (Å²) in [5.74, 6) is 0.522. The lowest BCUT2D eigenvalue weighted by Gasteiger charge is -2.35. The van der Waals surface area contributed by atoms with E-state index in [4.69, 9.17) is 5.11 Å². The Kier molecular flexibility index (Phi) is 4.37. The molecule has 19 heavy (non-hydrogen) atoms. The van der Waals surface area contributed by atoms with Crippen LogP contribution in [0, 0.1) is 23.0 Å². The molecule has 0 aromatic heterocycles. The van der Waals surface area contributed by atoms with Gasteiger partial charge in [0.15, 0.2) is 0 Å². The Labute approximate surface area is 113 Å². The summed E-state index contributed by atoms with van der Waals surface area (Å²) in [6.45, 7) is 4.07. The van der Waals surface area contributed by atoms with E-state index in [0.717, 1.165) is 43.6 Å². The normalized spacial score (nSPS) is 19.5. The zero-order chi connectivity index (χ0) is 13.8. The van der Waals surface area contributed by atoms with Crippen molar-refractivity contribution in [2.24, 2.45) is 5.92 Å². The van der Waals surface area contributed by atoms with Gasteiger partial charge < -0.3 is 10.0 Å². The monoisotopic (exact) mass is 264 g/mol. The molecule has 0 aliphatic carbocycles. The smallest absolute Gasteiger partial charge is 0.269 e. The van der Waals surface area contributed by atoms with E-state index in [1.807, 2.05) is 13.0 Å². The minimum atomic E-state index is -0.360. The molecule has 1 unspecified atom stereocenters. The van der Waals surface area contributed by atoms with Crippen molar-refractivity contribution in [2.45, 2.75) is 26.2 Å². The van der Waals surface area contributed by atoms with Crippen molar-refractivity contribution < 1.29 is 10.0 Å². The van der Waals surface area contributed by atoms with E-state index in [-0.39, 0.29) is 17.2 Å². The number of aliphatic hydroxyl groups is 1. The van der Waals surface area contributed by atoms with Gasteiger partial charge in [0.1, 0.15) is 0 Å². The molecule has 1 heterocycles. The number of anilines is 1. The van der Waals surface area contributed by atoms with Gasteiger partial charge in [0.2, 0.25) is 0 Å². The quantitative estimate of drug-likeness (QED) is 0.670. The first-order valence-electron chi connectivity index (χ1n) is 6.72. The van der Waals surface area contributed by atoms with Crippen molar-refractivity contribution in [3.63, 3.8) is 0 Å². The van der Waals surface area contributed by atoms with Crippen molar-refractivity contribution in [2.75, 3.05) is 24.6 Å². The van der Waals surface area contributed by atoms with Crippen LogP contribution >= 0.6 is 0 Å². The maximum absolute atomic E-state index is 10.7. The largest absolute Gasteiger partial charge is 0.396 e. The molecule has 1 atom stereocenters. The summed E-state index contributed by atoms with van der Waals surface area (Å²) >= 11 is 0. The number of nitro benzene ring substituents is 1. The molecule has 0 bridgehead atoms. The molecule has 1 saturated heterocycles. The Bertz CT molecular complexity index is 460. The molecule has 5 heteroatoms. The van der Waals surface area contributed by atoms with Gasteiger partial charge in [-0.2, -0.15) is 0 Å². The first kappa shape index (κ1) is 13.8. The van der Waals surface area contributed by atoms with Crippen molar-refractivity contribution in [3.05, 3.63) is 33.9 Å². The van der Waals surface area contributed by atoms with Gasteiger partial charge in [-0.15, -0.1) is 0 Å². The van der Waals surface area contributed by atoms with Crippen LogP contribution in [0.3, 0.4) is 0 Å². The molecule has 5 nitrogen and oxygen atoms in total. The average molecular weight is 264 g/mol. The molecule has 1 N–H and O–H groups in total. The number of hydrogen-bond donors (Lipinski definition) is 1. The van der Waals surface area contributed by atoms with Gasteiger partial charge in [0.25, 0.3) is 5.69 Å². The van der Waals surface area contributed by atoms with Gasteiger partial charge in [-0.1, -0.05) is 0 Å². The van der Waals surface area contributed by atoms with Crippen LogP contribution in [-0.4, -0.2) is 29.7 Å². The maximum Gasteiger partial charge on any atom is 0.269 e. The number of nitro groups is 1. The minimum absolute atomic E-state index is 0.144. The molecular weight excluding hydrogens is 244 g/mol. The van der Waals surface area contributed by atoms with E-state index >= 15 is 0 Å². The van der Waals surface area contributed by atoms with Gasteiger partial charge in [-0.25, -0.2) is 0 Å². The van der Waals surface area contributed by atoms with Crippen LogP contribution in [0.2, 0.25) is 0 Å². The number of piperidine rings is 1. The predicted molar refractivity (Wildman–Crippen MR) is 74.5 cm³/mol. The predicted octanol–water partition coefficient (Wildman–Crippen LogP) is 2.50. The zero-order valence-electron chi connectivity index (χ0n) is 11.2. The summed E-state index contributed by atoms with van der Waals surface area (Å²) in [7, 11) is 0. The van der Waals surface area contributed by atoms with E-state index in [1.54, 1.807) is 12.1 Å². The molecule has 0 radical (unpaired) electrons. The Morgan fingerprint density at radius 2 is 2.32 bits per heavy atom. The lowest BCUT2D eigenvalue weighted by Crippen LogP contribution is -2.36. The third-order valence-corrected chi connectivity index (χ3v) is 3.79. The van der Waals surface area contributed by atoms with Crippen LogP contribution in [0.4, 0.5) is 11.4 Å². The number of aryl methyl sites for hydroxylation is 1. The van der Waals surface area contributed by atoms with Gasteiger partial charge in [0, 0.05) is 37.5 Å². The highest BCUT2D eigenvalue weighted by molar-refractivity contribution is 5.57. The van der Waals surface area contributed by atoms with E-state index in [0.29, 0.717) is 5.92 Å². The first-order chi connectivity index (χ1) is 9.11. The number of rotatable bonds is 4. The van der Waals surface area contributed by atoms with Crippen LogP contribution in [0.15, 0.2) is 18.2 Å². The molecule has 2 rings (SSSR count). The Morgan fingerprint density at radius 3 is 2.95 bits per heavy atom. The topological polar surface area (TPSA) is 66.6 Å². The highest BCUT2D eigenvalue weighted by atomic mass is 16.6. The molecule has 104 valence electrons.